The van der Waals surface area contributed by atoms with Gasteiger partial charge < -0.3 is 9.72 Å². The third-order valence-electron chi connectivity index (χ3n) is 4.15. The lowest BCUT2D eigenvalue weighted by Gasteiger charge is -2.11. The van der Waals surface area contributed by atoms with Crippen molar-refractivity contribution in [3.05, 3.63) is 93.3 Å². The summed E-state index contributed by atoms with van der Waals surface area (Å²) in [5, 5.41) is 8.89. The molecule has 0 bridgehead atoms. The van der Waals surface area contributed by atoms with Crippen LogP contribution in [-0.4, -0.2) is 17.6 Å². The largest absolute Gasteiger partial charge is 0.462 e. The number of esters is 1. The van der Waals surface area contributed by atoms with Gasteiger partial charge in [-0.15, -0.1) is 0 Å². The van der Waals surface area contributed by atoms with Crippen molar-refractivity contribution in [3.63, 3.8) is 0 Å². The summed E-state index contributed by atoms with van der Waals surface area (Å²) in [4.78, 5) is 27.9. The number of carbonyl (C=O) groups excluding carboxylic acids is 1. The number of nitrogens with zero attached hydrogens (tertiary/aromatic N) is 1. The number of ether oxygens (including phenoxy) is 1. The third kappa shape index (κ3) is 4.13. The minimum atomic E-state index is -0.478. The molecule has 3 aromatic rings. The molecule has 1 N–H and O–H groups in total. The van der Waals surface area contributed by atoms with Crippen LogP contribution in [0.4, 0.5) is 0 Å². The van der Waals surface area contributed by atoms with Crippen LogP contribution in [0.15, 0.2) is 65.5 Å². The average molecular weight is 358 g/mol. The smallest absolute Gasteiger partial charge is 0.340 e. The molecule has 0 amide bonds. The second kappa shape index (κ2) is 8.15. The van der Waals surface area contributed by atoms with Gasteiger partial charge in [-0.3, -0.25) is 4.79 Å². The highest BCUT2D eigenvalue weighted by molar-refractivity contribution is 5.96. The van der Waals surface area contributed by atoms with Crippen LogP contribution in [0.1, 0.15) is 34.0 Å². The molecule has 0 saturated heterocycles. The lowest BCUT2D eigenvalue weighted by Crippen LogP contribution is -2.18. The van der Waals surface area contributed by atoms with Crippen LogP contribution in [0.2, 0.25) is 0 Å². The quantitative estimate of drug-likeness (QED) is 0.705. The standard InChI is InChI=1S/C22H18N2O3/c1-2-27-22(26)19-13-18(12-15-8-10-16(14-23)11-9-15)21(25)24-20(19)17-6-4-3-5-7-17/h3-11,13H,2,12H2,1H3,(H,24,25). The van der Waals surface area contributed by atoms with Gasteiger partial charge in [0.15, 0.2) is 0 Å². The SMILES string of the molecule is CCOC(=O)c1cc(Cc2ccc(C#N)cc2)c(=O)[nH]c1-c1ccccc1. The van der Waals surface area contributed by atoms with Crippen LogP contribution in [0, 0.1) is 11.3 Å². The number of pyridine rings is 1. The maximum absolute atomic E-state index is 12.6. The van der Waals surface area contributed by atoms with E-state index in [1.165, 1.54) is 0 Å². The van der Waals surface area contributed by atoms with Gasteiger partial charge in [0.1, 0.15) is 0 Å². The van der Waals surface area contributed by atoms with Crippen LogP contribution < -0.4 is 5.56 Å². The molecule has 0 fully saturated rings. The van der Waals surface area contributed by atoms with E-state index >= 15 is 0 Å². The number of rotatable bonds is 5. The van der Waals surface area contributed by atoms with Crippen molar-refractivity contribution in [3.8, 4) is 17.3 Å². The van der Waals surface area contributed by atoms with Gasteiger partial charge in [-0.2, -0.15) is 5.26 Å². The highest BCUT2D eigenvalue weighted by Crippen LogP contribution is 2.22. The molecule has 0 radical (unpaired) electrons. The van der Waals surface area contributed by atoms with Crippen LogP contribution in [0.25, 0.3) is 11.3 Å². The monoisotopic (exact) mass is 358 g/mol. The number of aromatic nitrogens is 1. The first kappa shape index (κ1) is 18.2. The predicted molar refractivity (Wildman–Crippen MR) is 102 cm³/mol. The summed E-state index contributed by atoms with van der Waals surface area (Å²) < 4.78 is 5.17. The fraction of sp³-hybridized carbons (Fsp3) is 0.136. The van der Waals surface area contributed by atoms with Crippen LogP contribution in [-0.2, 0) is 11.2 Å². The zero-order chi connectivity index (χ0) is 19.2. The Morgan fingerprint density at radius 1 is 1.11 bits per heavy atom. The summed E-state index contributed by atoms with van der Waals surface area (Å²) in [7, 11) is 0. The molecule has 0 unspecified atom stereocenters. The summed E-state index contributed by atoms with van der Waals surface area (Å²) in [6, 6.07) is 19.9. The van der Waals surface area contributed by atoms with E-state index in [1.807, 2.05) is 30.3 Å². The van der Waals surface area contributed by atoms with Crippen molar-refractivity contribution < 1.29 is 9.53 Å². The van der Waals surface area contributed by atoms with E-state index in [-0.39, 0.29) is 12.2 Å². The molecule has 1 aromatic heterocycles. The van der Waals surface area contributed by atoms with Crippen molar-refractivity contribution in [2.45, 2.75) is 13.3 Å². The van der Waals surface area contributed by atoms with Crippen LogP contribution >= 0.6 is 0 Å². The van der Waals surface area contributed by atoms with E-state index in [4.69, 9.17) is 10.00 Å². The Bertz CT molecular complexity index is 1050. The zero-order valence-corrected chi connectivity index (χ0v) is 14.9. The van der Waals surface area contributed by atoms with Gasteiger partial charge in [0.05, 0.1) is 29.5 Å². The lowest BCUT2D eigenvalue weighted by atomic mass is 10.00. The number of aromatic amines is 1. The van der Waals surface area contributed by atoms with Gasteiger partial charge >= 0.3 is 5.97 Å². The third-order valence-corrected chi connectivity index (χ3v) is 4.15. The van der Waals surface area contributed by atoms with Gasteiger partial charge in [0.25, 0.3) is 5.56 Å². The molecule has 5 nitrogen and oxygen atoms in total. The van der Waals surface area contributed by atoms with Crippen LogP contribution in [0.5, 0.6) is 0 Å². The Morgan fingerprint density at radius 2 is 1.81 bits per heavy atom. The molecule has 0 spiro atoms. The molecule has 0 atom stereocenters. The molecule has 27 heavy (non-hydrogen) atoms. The van der Waals surface area contributed by atoms with E-state index in [9.17, 15) is 9.59 Å². The lowest BCUT2D eigenvalue weighted by molar-refractivity contribution is 0.0526. The molecule has 1 heterocycles. The molecule has 2 aromatic carbocycles. The fourth-order valence-electron chi connectivity index (χ4n) is 2.82. The van der Waals surface area contributed by atoms with E-state index < -0.39 is 5.97 Å². The minimum Gasteiger partial charge on any atom is -0.462 e. The molecule has 3 rings (SSSR count). The van der Waals surface area contributed by atoms with Crippen molar-refractivity contribution in [2.24, 2.45) is 0 Å². The highest BCUT2D eigenvalue weighted by Gasteiger charge is 2.18. The number of benzene rings is 2. The summed E-state index contributed by atoms with van der Waals surface area (Å²) >= 11 is 0. The maximum atomic E-state index is 12.6. The second-order valence-electron chi connectivity index (χ2n) is 5.98. The number of nitriles is 1. The predicted octanol–water partition coefficient (Wildman–Crippen LogP) is 3.68. The van der Waals surface area contributed by atoms with Gasteiger partial charge in [0.2, 0.25) is 0 Å². The van der Waals surface area contributed by atoms with Gasteiger partial charge in [-0.05, 0) is 36.2 Å². The second-order valence-corrected chi connectivity index (χ2v) is 5.98. The average Bonchev–Trinajstić information content (AvgIpc) is 2.70. The Kier molecular flexibility index (Phi) is 5.48. The topological polar surface area (TPSA) is 82.9 Å². The first-order valence-electron chi connectivity index (χ1n) is 8.60. The number of carbonyl (C=O) groups is 1. The molecule has 0 aliphatic heterocycles. The van der Waals surface area contributed by atoms with E-state index in [0.717, 1.165) is 11.1 Å². The summed E-state index contributed by atoms with van der Waals surface area (Å²) in [6.45, 7) is 1.99. The summed E-state index contributed by atoms with van der Waals surface area (Å²) in [5.41, 5.74) is 3.14. The van der Waals surface area contributed by atoms with Gasteiger partial charge in [0, 0.05) is 12.0 Å². The Labute approximate surface area is 156 Å². The normalized spacial score (nSPS) is 10.2. The van der Waals surface area contributed by atoms with Crippen molar-refractivity contribution in [1.29, 1.82) is 5.26 Å². The first-order valence-corrected chi connectivity index (χ1v) is 8.60. The Balaban J connectivity index is 2.05. The molecular weight excluding hydrogens is 340 g/mol. The van der Waals surface area contributed by atoms with E-state index in [1.54, 1.807) is 37.3 Å². The van der Waals surface area contributed by atoms with Gasteiger partial charge in [-0.1, -0.05) is 42.5 Å². The molecular formula is C22H18N2O3. The highest BCUT2D eigenvalue weighted by atomic mass is 16.5. The number of hydrogen-bond acceptors (Lipinski definition) is 4. The number of nitrogens with one attached hydrogen (secondary N) is 1. The minimum absolute atomic E-state index is 0.247. The molecule has 5 heteroatoms. The Hall–Kier alpha value is -3.65. The fourth-order valence-corrected chi connectivity index (χ4v) is 2.82. The number of hydrogen-bond donors (Lipinski definition) is 1. The Morgan fingerprint density at radius 3 is 2.44 bits per heavy atom. The van der Waals surface area contributed by atoms with Crippen molar-refractivity contribution >= 4 is 5.97 Å². The van der Waals surface area contributed by atoms with Crippen molar-refractivity contribution in [1.82, 2.24) is 4.98 Å². The number of H-pyrrole nitrogens is 1. The first-order chi connectivity index (χ1) is 13.1. The van der Waals surface area contributed by atoms with E-state index in [2.05, 4.69) is 11.1 Å². The summed E-state index contributed by atoms with van der Waals surface area (Å²) in [6.07, 6.45) is 0.350. The van der Waals surface area contributed by atoms with Crippen molar-refractivity contribution in [2.75, 3.05) is 6.61 Å². The molecule has 0 aliphatic rings. The van der Waals surface area contributed by atoms with Crippen LogP contribution in [0.3, 0.4) is 0 Å². The maximum Gasteiger partial charge on any atom is 0.340 e. The molecule has 134 valence electrons. The van der Waals surface area contributed by atoms with E-state index in [0.29, 0.717) is 28.8 Å². The zero-order valence-electron chi connectivity index (χ0n) is 14.9. The molecule has 0 aliphatic carbocycles. The van der Waals surface area contributed by atoms with Gasteiger partial charge in [-0.25, -0.2) is 4.79 Å². The summed E-state index contributed by atoms with van der Waals surface area (Å²) in [5.74, 6) is -0.478. The molecule has 0 saturated carbocycles.